The molecule has 0 fully saturated rings. The van der Waals surface area contributed by atoms with E-state index in [2.05, 4.69) is 10.6 Å². The number of anilines is 1. The van der Waals surface area contributed by atoms with E-state index in [4.69, 9.17) is 5.73 Å². The molecule has 0 saturated heterocycles. The monoisotopic (exact) mass is 255 g/mol. The maximum Gasteiger partial charge on any atom is 0.254 e. The third kappa shape index (κ3) is 3.83. The Kier molecular flexibility index (Phi) is 5.11. The van der Waals surface area contributed by atoms with E-state index in [-0.39, 0.29) is 11.8 Å². The van der Waals surface area contributed by atoms with Crippen LogP contribution in [0.1, 0.15) is 29.1 Å². The predicted octanol–water partition coefficient (Wildman–Crippen LogP) is 0.957. The molecule has 0 radical (unpaired) electrons. The summed E-state index contributed by atoms with van der Waals surface area (Å²) in [6.45, 7) is 4.25. The van der Waals surface area contributed by atoms with Gasteiger partial charge in [-0.2, -0.15) is 0 Å². The highest BCUT2D eigenvalue weighted by Crippen LogP contribution is 2.28. The van der Waals surface area contributed by atoms with Crippen LogP contribution in [0, 0.1) is 0 Å². The zero-order valence-corrected chi connectivity index (χ0v) is 10.8. The van der Waals surface area contributed by atoms with Gasteiger partial charge in [-0.25, -0.2) is 0 Å². The fourth-order valence-electron chi connectivity index (χ4n) is 1.32. The van der Waals surface area contributed by atoms with Crippen LogP contribution in [-0.2, 0) is 11.2 Å². The van der Waals surface area contributed by atoms with Crippen LogP contribution in [0.25, 0.3) is 0 Å². The van der Waals surface area contributed by atoms with E-state index in [1.807, 2.05) is 13.0 Å². The summed E-state index contributed by atoms with van der Waals surface area (Å²) in [6.07, 6.45) is 0.835. The SMILES string of the molecule is CCc1cc(C(=O)NCCN)c(NC(C)=O)s1. The van der Waals surface area contributed by atoms with Gasteiger partial charge in [-0.05, 0) is 12.5 Å². The summed E-state index contributed by atoms with van der Waals surface area (Å²) in [7, 11) is 0. The average molecular weight is 255 g/mol. The van der Waals surface area contributed by atoms with Crippen molar-refractivity contribution in [3.05, 3.63) is 16.5 Å². The summed E-state index contributed by atoms with van der Waals surface area (Å²) in [4.78, 5) is 23.9. The summed E-state index contributed by atoms with van der Waals surface area (Å²) in [6, 6.07) is 1.81. The van der Waals surface area contributed by atoms with Crippen molar-refractivity contribution in [3.63, 3.8) is 0 Å². The first-order chi connectivity index (χ1) is 8.08. The third-order valence-electron chi connectivity index (χ3n) is 2.10. The minimum atomic E-state index is -0.199. The highest BCUT2D eigenvalue weighted by molar-refractivity contribution is 7.16. The maximum atomic E-state index is 11.8. The number of hydrogen-bond acceptors (Lipinski definition) is 4. The van der Waals surface area contributed by atoms with Gasteiger partial charge in [-0.1, -0.05) is 6.92 Å². The Bertz CT molecular complexity index is 415. The number of nitrogens with one attached hydrogen (secondary N) is 2. The normalized spacial score (nSPS) is 10.1. The molecular weight excluding hydrogens is 238 g/mol. The molecule has 4 N–H and O–H groups in total. The van der Waals surface area contributed by atoms with E-state index in [0.717, 1.165) is 11.3 Å². The average Bonchev–Trinajstić information content (AvgIpc) is 2.68. The van der Waals surface area contributed by atoms with Crippen LogP contribution in [-0.4, -0.2) is 24.9 Å². The molecule has 0 atom stereocenters. The number of nitrogens with two attached hydrogens (primary N) is 1. The van der Waals surface area contributed by atoms with Gasteiger partial charge in [0.1, 0.15) is 5.00 Å². The van der Waals surface area contributed by atoms with Crippen LogP contribution < -0.4 is 16.4 Å². The minimum Gasteiger partial charge on any atom is -0.351 e. The van der Waals surface area contributed by atoms with Gasteiger partial charge in [-0.3, -0.25) is 9.59 Å². The number of thiophene rings is 1. The smallest absolute Gasteiger partial charge is 0.254 e. The topological polar surface area (TPSA) is 84.2 Å². The van der Waals surface area contributed by atoms with Crippen molar-refractivity contribution in [2.75, 3.05) is 18.4 Å². The second-order valence-electron chi connectivity index (χ2n) is 3.53. The molecule has 0 aliphatic rings. The number of rotatable bonds is 5. The second-order valence-corrected chi connectivity index (χ2v) is 4.67. The second kappa shape index (κ2) is 6.36. The fourth-order valence-corrected chi connectivity index (χ4v) is 2.36. The standard InChI is InChI=1S/C11H17N3O2S/c1-3-8-6-9(10(16)13-5-4-12)11(17-8)14-7(2)15/h6H,3-5,12H2,1-2H3,(H,13,16)(H,14,15). The highest BCUT2D eigenvalue weighted by Gasteiger charge is 2.15. The molecule has 1 aromatic rings. The lowest BCUT2D eigenvalue weighted by atomic mass is 10.2. The molecule has 1 heterocycles. The lowest BCUT2D eigenvalue weighted by Crippen LogP contribution is -2.29. The zero-order valence-electron chi connectivity index (χ0n) is 10.0. The number of hydrogen-bond donors (Lipinski definition) is 3. The molecule has 2 amide bonds. The Morgan fingerprint density at radius 3 is 2.71 bits per heavy atom. The molecular formula is C11H17N3O2S. The molecule has 94 valence electrons. The van der Waals surface area contributed by atoms with E-state index in [1.165, 1.54) is 18.3 Å². The van der Waals surface area contributed by atoms with Crippen molar-refractivity contribution in [2.45, 2.75) is 20.3 Å². The largest absolute Gasteiger partial charge is 0.351 e. The Labute approximate surface area is 104 Å². The van der Waals surface area contributed by atoms with E-state index < -0.39 is 0 Å². The van der Waals surface area contributed by atoms with Gasteiger partial charge in [0.15, 0.2) is 0 Å². The molecule has 0 unspecified atom stereocenters. The first kappa shape index (κ1) is 13.7. The summed E-state index contributed by atoms with van der Waals surface area (Å²) in [5.41, 5.74) is 5.83. The Morgan fingerprint density at radius 1 is 1.47 bits per heavy atom. The van der Waals surface area contributed by atoms with Crippen molar-refractivity contribution in [1.82, 2.24) is 5.32 Å². The van der Waals surface area contributed by atoms with E-state index in [0.29, 0.717) is 23.7 Å². The maximum absolute atomic E-state index is 11.8. The van der Waals surface area contributed by atoms with Gasteiger partial charge in [0.25, 0.3) is 5.91 Å². The van der Waals surface area contributed by atoms with Crippen LogP contribution in [0.5, 0.6) is 0 Å². The van der Waals surface area contributed by atoms with Gasteiger partial charge < -0.3 is 16.4 Å². The van der Waals surface area contributed by atoms with Crippen LogP contribution >= 0.6 is 11.3 Å². The molecule has 0 aliphatic carbocycles. The Balaban J connectivity index is 2.90. The van der Waals surface area contributed by atoms with Crippen molar-refractivity contribution in [1.29, 1.82) is 0 Å². The van der Waals surface area contributed by atoms with Crippen LogP contribution in [0.3, 0.4) is 0 Å². The van der Waals surface area contributed by atoms with Gasteiger partial charge >= 0.3 is 0 Å². The fraction of sp³-hybridized carbons (Fsp3) is 0.455. The first-order valence-electron chi connectivity index (χ1n) is 5.47. The summed E-state index contributed by atoms with van der Waals surface area (Å²) in [5.74, 6) is -0.377. The number of amides is 2. The van der Waals surface area contributed by atoms with E-state index in [1.54, 1.807) is 0 Å². The molecule has 5 nitrogen and oxygen atoms in total. The molecule has 0 spiro atoms. The molecule has 1 aromatic heterocycles. The first-order valence-corrected chi connectivity index (χ1v) is 6.28. The van der Waals surface area contributed by atoms with Crippen molar-refractivity contribution >= 4 is 28.2 Å². The molecule has 0 aliphatic heterocycles. The predicted molar refractivity (Wildman–Crippen MR) is 69.4 cm³/mol. The van der Waals surface area contributed by atoms with Gasteiger partial charge in [0.05, 0.1) is 5.56 Å². The molecule has 17 heavy (non-hydrogen) atoms. The Hall–Kier alpha value is -1.40. The van der Waals surface area contributed by atoms with Gasteiger partial charge in [-0.15, -0.1) is 11.3 Å². The highest BCUT2D eigenvalue weighted by atomic mass is 32.1. The summed E-state index contributed by atoms with van der Waals surface area (Å²) in [5, 5.41) is 5.96. The zero-order chi connectivity index (χ0) is 12.8. The lowest BCUT2D eigenvalue weighted by molar-refractivity contribution is -0.114. The van der Waals surface area contributed by atoms with Crippen LogP contribution in [0.15, 0.2) is 6.07 Å². The third-order valence-corrected chi connectivity index (χ3v) is 3.29. The van der Waals surface area contributed by atoms with Crippen molar-refractivity contribution < 1.29 is 9.59 Å². The van der Waals surface area contributed by atoms with Crippen LogP contribution in [0.4, 0.5) is 5.00 Å². The lowest BCUT2D eigenvalue weighted by Gasteiger charge is -2.04. The Morgan fingerprint density at radius 2 is 2.18 bits per heavy atom. The number of carbonyl (C=O) groups is 2. The molecule has 0 saturated carbocycles. The van der Waals surface area contributed by atoms with Crippen molar-refractivity contribution in [2.24, 2.45) is 5.73 Å². The molecule has 0 bridgehead atoms. The van der Waals surface area contributed by atoms with Crippen molar-refractivity contribution in [3.8, 4) is 0 Å². The van der Waals surface area contributed by atoms with E-state index in [9.17, 15) is 9.59 Å². The molecule has 1 rings (SSSR count). The number of carbonyl (C=O) groups excluding carboxylic acids is 2. The van der Waals surface area contributed by atoms with E-state index >= 15 is 0 Å². The summed E-state index contributed by atoms with van der Waals surface area (Å²) >= 11 is 1.43. The molecule has 6 heteroatoms. The van der Waals surface area contributed by atoms with Gasteiger partial charge in [0, 0.05) is 24.9 Å². The minimum absolute atomic E-state index is 0.178. The molecule has 0 aromatic carbocycles. The quantitative estimate of drug-likeness (QED) is 0.732. The summed E-state index contributed by atoms with van der Waals surface area (Å²) < 4.78 is 0. The number of aryl methyl sites for hydroxylation is 1. The van der Waals surface area contributed by atoms with Gasteiger partial charge in [0.2, 0.25) is 5.91 Å². The van der Waals surface area contributed by atoms with Crippen LogP contribution in [0.2, 0.25) is 0 Å².